The molecule has 0 atom stereocenters. The van der Waals surface area contributed by atoms with Gasteiger partial charge in [0, 0.05) is 50.9 Å². The van der Waals surface area contributed by atoms with Crippen LogP contribution in [0.3, 0.4) is 0 Å². The summed E-state index contributed by atoms with van der Waals surface area (Å²) in [4.78, 5) is 15.6. The van der Waals surface area contributed by atoms with Gasteiger partial charge in [-0.1, -0.05) is 62.4 Å². The molecule has 3 rings (SSSR count). The van der Waals surface area contributed by atoms with E-state index in [-0.39, 0.29) is 38.3 Å². The number of hydrogen-bond acceptors (Lipinski definition) is 5. The predicted molar refractivity (Wildman–Crippen MR) is 117 cm³/mol. The number of hydrogen-bond donors (Lipinski definition) is 2. The normalized spacial score (nSPS) is 9.37. The summed E-state index contributed by atoms with van der Waals surface area (Å²) < 4.78 is 1.42. The van der Waals surface area contributed by atoms with Gasteiger partial charge >= 0.3 is 0 Å². The van der Waals surface area contributed by atoms with Crippen molar-refractivity contribution in [1.29, 1.82) is 0 Å². The molecule has 0 saturated carbocycles. The third kappa shape index (κ3) is 9.28. The zero-order valence-electron chi connectivity index (χ0n) is 17.7. The molecule has 0 spiro atoms. The number of benzene rings is 2. The SMILES string of the molecule is CC.CCOO.[NH-]c1cccc(Cn2nc(-c3ccc(CN)cc3)ccc2=O)c1.[Y]. The molecule has 159 valence electrons. The molecular formula is C22H29N4O3Y-. The first kappa shape index (κ1) is 28.1. The molecule has 1 radical (unpaired) electrons. The molecule has 0 unspecified atom stereocenters. The van der Waals surface area contributed by atoms with E-state index in [1.807, 2.05) is 44.2 Å². The van der Waals surface area contributed by atoms with Crippen molar-refractivity contribution in [2.24, 2.45) is 5.73 Å². The third-order valence-electron chi connectivity index (χ3n) is 3.74. The second-order valence-electron chi connectivity index (χ2n) is 5.73. The summed E-state index contributed by atoms with van der Waals surface area (Å²) in [5.74, 6) is 0. The molecule has 7 nitrogen and oxygen atoms in total. The van der Waals surface area contributed by atoms with Crippen molar-refractivity contribution in [3.8, 4) is 11.3 Å². The summed E-state index contributed by atoms with van der Waals surface area (Å²) in [5, 5.41) is 11.8. The minimum atomic E-state index is -0.164. The van der Waals surface area contributed by atoms with Gasteiger partial charge in [0.2, 0.25) is 0 Å². The van der Waals surface area contributed by atoms with Gasteiger partial charge in [-0.15, -0.1) is 5.69 Å². The molecule has 1 heterocycles. The van der Waals surface area contributed by atoms with Crippen LogP contribution in [0.25, 0.3) is 17.0 Å². The molecule has 0 aliphatic heterocycles. The number of nitrogens with two attached hydrogens (primary N) is 1. The Morgan fingerprint density at radius 2 is 1.70 bits per heavy atom. The van der Waals surface area contributed by atoms with Crippen LogP contribution in [0.5, 0.6) is 0 Å². The van der Waals surface area contributed by atoms with E-state index < -0.39 is 0 Å². The van der Waals surface area contributed by atoms with Gasteiger partial charge in [-0.25, -0.2) is 9.57 Å². The number of rotatable bonds is 5. The van der Waals surface area contributed by atoms with Gasteiger partial charge in [0.25, 0.3) is 5.56 Å². The van der Waals surface area contributed by atoms with Gasteiger partial charge in [-0.05, 0) is 24.1 Å². The first-order valence-corrected chi connectivity index (χ1v) is 9.51. The van der Waals surface area contributed by atoms with Crippen molar-refractivity contribution in [2.45, 2.75) is 33.9 Å². The fourth-order valence-corrected chi connectivity index (χ4v) is 2.37. The summed E-state index contributed by atoms with van der Waals surface area (Å²) in [7, 11) is 0. The van der Waals surface area contributed by atoms with Crippen molar-refractivity contribution < 1.29 is 42.9 Å². The molecule has 0 fully saturated rings. The van der Waals surface area contributed by atoms with E-state index in [9.17, 15) is 4.79 Å². The van der Waals surface area contributed by atoms with Crippen molar-refractivity contribution in [3.05, 3.63) is 87.9 Å². The molecular weight excluding hydrogens is 457 g/mol. The van der Waals surface area contributed by atoms with E-state index in [0.29, 0.717) is 25.4 Å². The standard InChI is InChI=1S/C18H17N4O.C2H6O2.C2H6.Y/c19-11-13-4-6-15(7-5-13)17-8-9-18(23)22(21-17)12-14-2-1-3-16(20)10-14;1-2-4-3;1-2;/h1-10,20H,11-12,19H2;3H,2H2,1H3;1-2H3;/q-1;;;. The Morgan fingerprint density at radius 3 is 2.23 bits per heavy atom. The Morgan fingerprint density at radius 1 is 1.07 bits per heavy atom. The Balaban J connectivity index is 0.00000108. The van der Waals surface area contributed by atoms with E-state index in [1.165, 1.54) is 10.7 Å². The molecule has 0 aliphatic rings. The fourth-order valence-electron chi connectivity index (χ4n) is 2.37. The average molecular weight is 486 g/mol. The zero-order valence-corrected chi connectivity index (χ0v) is 20.5. The maximum Gasteiger partial charge on any atom is 0.267 e. The van der Waals surface area contributed by atoms with E-state index in [0.717, 1.165) is 22.4 Å². The second-order valence-corrected chi connectivity index (χ2v) is 5.73. The summed E-state index contributed by atoms with van der Waals surface area (Å²) in [5.41, 5.74) is 17.1. The van der Waals surface area contributed by atoms with Crippen LogP contribution >= 0.6 is 0 Å². The van der Waals surface area contributed by atoms with E-state index in [1.54, 1.807) is 31.2 Å². The van der Waals surface area contributed by atoms with Crippen LogP contribution in [0.4, 0.5) is 5.69 Å². The summed E-state index contributed by atoms with van der Waals surface area (Å²) in [6.07, 6.45) is 0. The van der Waals surface area contributed by atoms with Gasteiger partial charge in [0.15, 0.2) is 0 Å². The van der Waals surface area contributed by atoms with Crippen LogP contribution in [0.15, 0.2) is 65.5 Å². The van der Waals surface area contributed by atoms with Gasteiger partial charge in [-0.3, -0.25) is 10.1 Å². The maximum atomic E-state index is 12.0. The van der Waals surface area contributed by atoms with Gasteiger partial charge in [0.05, 0.1) is 18.8 Å². The monoisotopic (exact) mass is 486 g/mol. The van der Waals surface area contributed by atoms with Gasteiger partial charge in [0.1, 0.15) is 0 Å². The quantitative estimate of drug-likeness (QED) is 0.404. The second kappa shape index (κ2) is 15.9. The third-order valence-corrected chi connectivity index (χ3v) is 3.74. The largest absolute Gasteiger partial charge is 0.699 e. The first-order valence-electron chi connectivity index (χ1n) is 9.51. The van der Waals surface area contributed by atoms with Crippen LogP contribution in [0.1, 0.15) is 31.9 Å². The number of aromatic nitrogens is 2. The molecule has 2 aromatic carbocycles. The number of nitrogens with one attached hydrogen (secondary N) is 1. The fraction of sp³-hybridized carbons (Fsp3) is 0.273. The van der Waals surface area contributed by atoms with Crippen molar-refractivity contribution >= 4 is 5.69 Å². The average Bonchev–Trinajstić information content (AvgIpc) is 2.77. The first-order chi connectivity index (χ1) is 14.1. The molecule has 0 bridgehead atoms. The molecule has 1 aromatic heterocycles. The van der Waals surface area contributed by atoms with Crippen molar-refractivity contribution in [1.82, 2.24) is 9.78 Å². The van der Waals surface area contributed by atoms with Crippen LogP contribution in [-0.2, 0) is 50.7 Å². The predicted octanol–water partition coefficient (Wildman–Crippen LogP) is 4.62. The minimum absolute atomic E-state index is 0. The maximum absolute atomic E-state index is 12.0. The van der Waals surface area contributed by atoms with E-state index >= 15 is 0 Å². The smallest absolute Gasteiger partial charge is 0.267 e. The van der Waals surface area contributed by atoms with Crippen LogP contribution in [0, 0.1) is 0 Å². The van der Waals surface area contributed by atoms with Crippen LogP contribution in [0.2, 0.25) is 0 Å². The number of nitrogens with zero attached hydrogens (tertiary/aromatic N) is 2. The molecule has 0 saturated heterocycles. The summed E-state index contributed by atoms with van der Waals surface area (Å²) in [6.45, 7) is 6.93. The van der Waals surface area contributed by atoms with Crippen LogP contribution in [-0.4, -0.2) is 21.6 Å². The Bertz CT molecular complexity index is 913. The van der Waals surface area contributed by atoms with Crippen LogP contribution < -0.4 is 11.3 Å². The Hall–Kier alpha value is -1.90. The summed E-state index contributed by atoms with van der Waals surface area (Å²) >= 11 is 0. The van der Waals surface area contributed by atoms with E-state index in [2.05, 4.69) is 9.99 Å². The Labute approximate surface area is 202 Å². The molecule has 0 aliphatic carbocycles. The van der Waals surface area contributed by atoms with Gasteiger partial charge < -0.3 is 11.5 Å². The van der Waals surface area contributed by atoms with E-state index in [4.69, 9.17) is 16.7 Å². The summed E-state index contributed by atoms with van der Waals surface area (Å²) in [6, 6.07) is 18.2. The molecule has 8 heteroatoms. The minimum Gasteiger partial charge on any atom is -0.699 e. The Kier molecular flexibility index (Phi) is 14.9. The molecule has 30 heavy (non-hydrogen) atoms. The van der Waals surface area contributed by atoms with Crippen molar-refractivity contribution in [3.63, 3.8) is 0 Å². The van der Waals surface area contributed by atoms with Gasteiger partial charge in [-0.2, -0.15) is 5.10 Å². The zero-order chi connectivity index (χ0) is 21.6. The molecule has 4 N–H and O–H groups in total. The topological polar surface area (TPSA) is 114 Å². The molecule has 0 amide bonds. The van der Waals surface area contributed by atoms with Crippen molar-refractivity contribution in [2.75, 3.05) is 6.61 Å². The molecule has 3 aromatic rings.